The maximum Gasteiger partial charge on any atom is 0.418 e. The Hall–Kier alpha value is -2.09. The molecule has 3 aromatic rings. The van der Waals surface area contributed by atoms with Crippen molar-refractivity contribution in [1.82, 2.24) is 19.6 Å². The molecule has 0 saturated heterocycles. The summed E-state index contributed by atoms with van der Waals surface area (Å²) >= 11 is 5.72. The van der Waals surface area contributed by atoms with E-state index in [4.69, 9.17) is 17.3 Å². The number of anilines is 1. The summed E-state index contributed by atoms with van der Waals surface area (Å²) in [7, 11) is 0. The van der Waals surface area contributed by atoms with Gasteiger partial charge in [0.15, 0.2) is 5.82 Å². The van der Waals surface area contributed by atoms with Gasteiger partial charge in [-0.25, -0.2) is 4.98 Å². The molecule has 2 heterocycles. The molecule has 1 aromatic carbocycles. The van der Waals surface area contributed by atoms with Gasteiger partial charge < -0.3 is 5.73 Å². The van der Waals surface area contributed by atoms with Crippen molar-refractivity contribution >= 4 is 34.1 Å². The van der Waals surface area contributed by atoms with E-state index in [1.807, 2.05) is 0 Å². The molecule has 0 bridgehead atoms. The predicted molar refractivity (Wildman–Crippen MR) is 62.7 cm³/mol. The summed E-state index contributed by atoms with van der Waals surface area (Å²) in [6.07, 6.45) is -3.32. The quantitative estimate of drug-likeness (QED) is 0.690. The highest BCUT2D eigenvalue weighted by atomic mass is 35.5. The lowest BCUT2D eigenvalue weighted by Crippen LogP contribution is -2.09. The molecule has 0 amide bonds. The summed E-state index contributed by atoms with van der Waals surface area (Å²) < 4.78 is 40.2. The van der Waals surface area contributed by atoms with Crippen molar-refractivity contribution in [3.8, 4) is 0 Å². The number of hydrogen-bond donors (Lipinski definition) is 1. The zero-order valence-electron chi connectivity index (χ0n) is 9.11. The Morgan fingerprint density at radius 1 is 1.26 bits per heavy atom. The number of nitrogens with zero attached hydrogens (tertiary/aromatic N) is 4. The smallest absolute Gasteiger partial charge is 0.381 e. The van der Waals surface area contributed by atoms with E-state index in [1.165, 1.54) is 16.8 Å². The van der Waals surface area contributed by atoms with Gasteiger partial charge in [-0.15, -0.1) is 10.2 Å². The highest BCUT2D eigenvalue weighted by Crippen LogP contribution is 2.36. The fourth-order valence-corrected chi connectivity index (χ4v) is 2.07. The fraction of sp³-hybridized carbons (Fsp3) is 0.100. The summed E-state index contributed by atoms with van der Waals surface area (Å²) in [5, 5.41) is 7.24. The molecule has 2 N–H and O–H groups in total. The number of nitrogen functional groups attached to an aromatic ring is 1. The molecule has 0 fully saturated rings. The van der Waals surface area contributed by atoms with Gasteiger partial charge in [0.05, 0.1) is 11.1 Å². The van der Waals surface area contributed by atoms with Crippen LogP contribution in [0.4, 0.5) is 19.0 Å². The molecule has 19 heavy (non-hydrogen) atoms. The number of halogens is 4. The average Bonchev–Trinajstić information content (AvgIpc) is 2.78. The van der Waals surface area contributed by atoms with Crippen LogP contribution >= 0.6 is 11.6 Å². The highest BCUT2D eigenvalue weighted by molar-refractivity contribution is 6.31. The van der Waals surface area contributed by atoms with Gasteiger partial charge in [0.2, 0.25) is 5.65 Å². The minimum Gasteiger partial charge on any atom is -0.381 e. The molecular weight excluding hydrogens is 283 g/mol. The Morgan fingerprint density at radius 2 is 2.00 bits per heavy atom. The number of hydrogen-bond acceptors (Lipinski definition) is 4. The van der Waals surface area contributed by atoms with Gasteiger partial charge in [0.25, 0.3) is 0 Å². The molecule has 0 atom stereocenters. The third-order valence-corrected chi connectivity index (χ3v) is 2.85. The highest BCUT2D eigenvalue weighted by Gasteiger charge is 2.34. The third kappa shape index (κ3) is 1.75. The Balaban J connectivity index is 2.56. The molecule has 3 rings (SSSR count). The van der Waals surface area contributed by atoms with Crippen LogP contribution in [0.15, 0.2) is 18.5 Å². The average molecular weight is 288 g/mol. The van der Waals surface area contributed by atoms with Gasteiger partial charge in [0, 0.05) is 5.02 Å². The molecule has 9 heteroatoms. The van der Waals surface area contributed by atoms with Crippen molar-refractivity contribution in [3.63, 3.8) is 0 Å². The first-order valence-electron chi connectivity index (χ1n) is 5.03. The summed E-state index contributed by atoms with van der Waals surface area (Å²) in [5.74, 6) is -0.127. The van der Waals surface area contributed by atoms with Crippen molar-refractivity contribution < 1.29 is 13.2 Å². The second-order valence-electron chi connectivity index (χ2n) is 3.84. The largest absolute Gasteiger partial charge is 0.418 e. The Kier molecular flexibility index (Phi) is 2.33. The maximum absolute atomic E-state index is 13.0. The van der Waals surface area contributed by atoms with Gasteiger partial charge >= 0.3 is 6.18 Å². The van der Waals surface area contributed by atoms with Gasteiger partial charge in [-0.3, -0.25) is 4.40 Å². The van der Waals surface area contributed by atoms with Crippen molar-refractivity contribution in [3.05, 3.63) is 29.0 Å². The summed E-state index contributed by atoms with van der Waals surface area (Å²) in [6.45, 7) is 0. The van der Waals surface area contributed by atoms with Crippen molar-refractivity contribution in [2.24, 2.45) is 0 Å². The van der Waals surface area contributed by atoms with Crippen molar-refractivity contribution in [2.45, 2.75) is 6.18 Å². The molecule has 0 aliphatic heterocycles. The minimum atomic E-state index is -4.58. The van der Waals surface area contributed by atoms with E-state index in [2.05, 4.69) is 15.2 Å². The molecule has 2 aromatic heterocycles. The molecule has 0 unspecified atom stereocenters. The lowest BCUT2D eigenvalue weighted by molar-refractivity contribution is -0.136. The van der Waals surface area contributed by atoms with E-state index in [0.29, 0.717) is 0 Å². The van der Waals surface area contributed by atoms with Crippen LogP contribution in [0.5, 0.6) is 0 Å². The number of aromatic nitrogens is 4. The molecular formula is C10H5ClF3N5. The zero-order valence-corrected chi connectivity index (χ0v) is 9.87. The predicted octanol–water partition coefficient (Wildman–Crippen LogP) is 2.53. The van der Waals surface area contributed by atoms with Crippen LogP contribution in [-0.4, -0.2) is 19.6 Å². The number of benzene rings is 1. The van der Waals surface area contributed by atoms with Gasteiger partial charge in [0.1, 0.15) is 11.8 Å². The normalized spacial score (nSPS) is 12.4. The fourth-order valence-electron chi connectivity index (χ4n) is 1.86. The standard InChI is InChI=1S/C10H5ClF3N5/c11-4-1-5(10(12,13)14)7-6(2-4)19-3-16-18-9(19)8(15)17-7/h1-3H,(H2,15,17). The van der Waals surface area contributed by atoms with E-state index in [9.17, 15) is 13.2 Å². The molecule has 0 aliphatic rings. The molecule has 0 spiro atoms. The molecule has 98 valence electrons. The third-order valence-electron chi connectivity index (χ3n) is 2.63. The van der Waals surface area contributed by atoms with Crippen LogP contribution in [0.1, 0.15) is 5.56 Å². The maximum atomic E-state index is 13.0. The van der Waals surface area contributed by atoms with Gasteiger partial charge in [-0.2, -0.15) is 13.2 Å². The van der Waals surface area contributed by atoms with Crippen molar-refractivity contribution in [2.75, 3.05) is 5.73 Å². The van der Waals surface area contributed by atoms with E-state index in [0.717, 1.165) is 6.07 Å². The van der Waals surface area contributed by atoms with E-state index >= 15 is 0 Å². The second kappa shape index (κ2) is 3.70. The lowest BCUT2D eigenvalue weighted by Gasteiger charge is -2.11. The van der Waals surface area contributed by atoms with Crippen LogP contribution in [0.2, 0.25) is 5.02 Å². The zero-order chi connectivity index (χ0) is 13.8. The minimum absolute atomic E-state index is 0.0543. The van der Waals surface area contributed by atoms with Gasteiger partial charge in [-0.1, -0.05) is 11.6 Å². The molecule has 0 radical (unpaired) electrons. The Labute approximate surface area is 108 Å². The van der Waals surface area contributed by atoms with E-state index in [-0.39, 0.29) is 27.5 Å². The molecule has 0 aliphatic carbocycles. The van der Waals surface area contributed by atoms with Crippen LogP contribution in [0.25, 0.3) is 16.7 Å². The van der Waals surface area contributed by atoms with Crippen LogP contribution in [0, 0.1) is 0 Å². The second-order valence-corrected chi connectivity index (χ2v) is 4.28. The Bertz CT molecular complexity index is 795. The monoisotopic (exact) mass is 287 g/mol. The summed E-state index contributed by atoms with van der Waals surface area (Å²) in [6, 6.07) is 2.17. The lowest BCUT2D eigenvalue weighted by atomic mass is 10.1. The van der Waals surface area contributed by atoms with Gasteiger partial charge in [-0.05, 0) is 12.1 Å². The summed E-state index contributed by atoms with van der Waals surface area (Å²) in [4.78, 5) is 3.76. The summed E-state index contributed by atoms with van der Waals surface area (Å²) in [5.41, 5.74) is 4.68. The first-order valence-corrected chi connectivity index (χ1v) is 5.41. The van der Waals surface area contributed by atoms with Crippen LogP contribution < -0.4 is 5.73 Å². The topological polar surface area (TPSA) is 69.1 Å². The van der Waals surface area contributed by atoms with E-state index < -0.39 is 11.7 Å². The molecule has 5 nitrogen and oxygen atoms in total. The van der Waals surface area contributed by atoms with E-state index in [1.54, 1.807) is 0 Å². The van der Waals surface area contributed by atoms with Crippen LogP contribution in [0.3, 0.4) is 0 Å². The number of rotatable bonds is 0. The first kappa shape index (κ1) is 12.0. The molecule has 0 saturated carbocycles. The van der Waals surface area contributed by atoms with Crippen molar-refractivity contribution in [1.29, 1.82) is 0 Å². The first-order chi connectivity index (χ1) is 8.88. The number of alkyl halides is 3. The number of fused-ring (bicyclic) bond motifs is 3. The van der Waals surface area contributed by atoms with Crippen LogP contribution in [-0.2, 0) is 6.18 Å². The Morgan fingerprint density at radius 3 is 2.68 bits per heavy atom. The SMILES string of the molecule is Nc1nc2c(C(F)(F)F)cc(Cl)cc2n2cnnc12. The number of nitrogens with two attached hydrogens (primary N) is 1.